The number of aliphatic imine (C=N–C) groups is 1. The lowest BCUT2D eigenvalue weighted by Crippen LogP contribution is -2.41. The maximum absolute atomic E-state index is 5.51. The first-order valence-corrected chi connectivity index (χ1v) is 7.20. The molecule has 0 fully saturated rings. The Hall–Kier alpha value is -2.30. The number of hydrogen-bond acceptors (Lipinski definition) is 3. The summed E-state index contributed by atoms with van der Waals surface area (Å²) >= 11 is 0. The van der Waals surface area contributed by atoms with Crippen LogP contribution in [0.15, 0.2) is 46.0 Å². The summed E-state index contributed by atoms with van der Waals surface area (Å²) in [6.45, 7) is 4.83. The Morgan fingerprint density at radius 2 is 2.10 bits per heavy atom. The first-order valence-electron chi connectivity index (χ1n) is 7.20. The van der Waals surface area contributed by atoms with Crippen LogP contribution in [-0.2, 0) is 6.54 Å². The molecule has 0 spiro atoms. The number of benzene rings is 1. The Kier molecular flexibility index (Phi) is 5.37. The highest BCUT2D eigenvalue weighted by Gasteiger charge is 2.07. The molecule has 0 bridgehead atoms. The van der Waals surface area contributed by atoms with E-state index in [1.165, 1.54) is 0 Å². The van der Waals surface area contributed by atoms with Crippen molar-refractivity contribution in [3.63, 3.8) is 0 Å². The zero-order valence-electron chi connectivity index (χ0n) is 12.8. The molecule has 1 atom stereocenters. The number of rotatable bonds is 5. The minimum atomic E-state index is 0.383. The van der Waals surface area contributed by atoms with Gasteiger partial charge in [0.05, 0.1) is 12.2 Å². The van der Waals surface area contributed by atoms with Crippen LogP contribution in [0.2, 0.25) is 0 Å². The van der Waals surface area contributed by atoms with E-state index in [1.807, 2.05) is 30.3 Å². The number of hydrogen-bond donors (Lipinski definition) is 2. The maximum Gasteiger partial charge on any atom is 0.226 e. The zero-order valence-corrected chi connectivity index (χ0v) is 12.8. The minimum Gasteiger partial charge on any atom is -0.444 e. The lowest BCUT2D eigenvalue weighted by molar-refractivity contribution is 0.571. The van der Waals surface area contributed by atoms with E-state index in [9.17, 15) is 0 Å². The van der Waals surface area contributed by atoms with E-state index in [1.54, 1.807) is 13.3 Å². The topological polar surface area (TPSA) is 62.5 Å². The Labute approximate surface area is 125 Å². The second kappa shape index (κ2) is 7.47. The normalized spacial score (nSPS) is 13.0. The third-order valence-corrected chi connectivity index (χ3v) is 3.23. The second-order valence-corrected chi connectivity index (χ2v) is 4.89. The van der Waals surface area contributed by atoms with Gasteiger partial charge in [-0.3, -0.25) is 4.99 Å². The summed E-state index contributed by atoms with van der Waals surface area (Å²) in [5.41, 5.74) is 1.83. The summed E-state index contributed by atoms with van der Waals surface area (Å²) in [5.74, 6) is 1.41. The quantitative estimate of drug-likeness (QED) is 0.655. The molecule has 1 unspecified atom stereocenters. The van der Waals surface area contributed by atoms with Crippen molar-refractivity contribution < 1.29 is 4.42 Å². The fourth-order valence-corrected chi connectivity index (χ4v) is 1.81. The fourth-order valence-electron chi connectivity index (χ4n) is 1.81. The predicted octanol–water partition coefficient (Wildman–Crippen LogP) is 2.81. The van der Waals surface area contributed by atoms with Gasteiger partial charge in [-0.1, -0.05) is 25.1 Å². The molecule has 5 nitrogen and oxygen atoms in total. The number of nitrogens with one attached hydrogen (secondary N) is 2. The molecule has 1 heterocycles. The summed E-state index contributed by atoms with van der Waals surface area (Å²) < 4.78 is 5.51. The van der Waals surface area contributed by atoms with Crippen molar-refractivity contribution in [3.8, 4) is 11.5 Å². The molecule has 0 aliphatic rings. The van der Waals surface area contributed by atoms with E-state index < -0.39 is 0 Å². The van der Waals surface area contributed by atoms with E-state index >= 15 is 0 Å². The van der Waals surface area contributed by atoms with Crippen LogP contribution in [0.4, 0.5) is 0 Å². The average Bonchev–Trinajstić information content (AvgIpc) is 3.01. The van der Waals surface area contributed by atoms with E-state index in [0.29, 0.717) is 18.5 Å². The number of oxazole rings is 1. The monoisotopic (exact) mass is 286 g/mol. The standard InChI is InChI=1S/C16H22N4O/c1-4-12(2)19-16(17-3)18-10-14-11-21-15(20-14)13-8-6-5-7-9-13/h5-9,11-12H,4,10H2,1-3H3,(H2,17,18,19). The van der Waals surface area contributed by atoms with Gasteiger partial charge in [0.15, 0.2) is 5.96 Å². The van der Waals surface area contributed by atoms with E-state index in [0.717, 1.165) is 23.6 Å². The van der Waals surface area contributed by atoms with Crippen molar-refractivity contribution in [2.24, 2.45) is 4.99 Å². The van der Waals surface area contributed by atoms with Crippen LogP contribution in [0.1, 0.15) is 26.0 Å². The molecule has 0 saturated heterocycles. The molecule has 21 heavy (non-hydrogen) atoms. The van der Waals surface area contributed by atoms with Gasteiger partial charge in [0.2, 0.25) is 5.89 Å². The van der Waals surface area contributed by atoms with Crippen molar-refractivity contribution in [1.29, 1.82) is 0 Å². The average molecular weight is 286 g/mol. The van der Waals surface area contributed by atoms with E-state index in [2.05, 4.69) is 34.5 Å². The summed E-state index contributed by atoms with van der Waals surface area (Å²) in [6.07, 6.45) is 2.72. The minimum absolute atomic E-state index is 0.383. The summed E-state index contributed by atoms with van der Waals surface area (Å²) in [5, 5.41) is 6.54. The first kappa shape index (κ1) is 15.1. The molecule has 0 saturated carbocycles. The first-order chi connectivity index (χ1) is 10.2. The molecule has 112 valence electrons. The highest BCUT2D eigenvalue weighted by molar-refractivity contribution is 5.79. The summed E-state index contributed by atoms with van der Waals surface area (Å²) in [7, 11) is 1.76. The maximum atomic E-state index is 5.51. The van der Waals surface area contributed by atoms with Gasteiger partial charge >= 0.3 is 0 Å². The summed E-state index contributed by atoms with van der Waals surface area (Å²) in [6, 6.07) is 10.2. The van der Waals surface area contributed by atoms with Crippen LogP contribution in [0, 0.1) is 0 Å². The predicted molar refractivity (Wildman–Crippen MR) is 85.0 cm³/mol. The number of nitrogens with zero attached hydrogens (tertiary/aromatic N) is 2. The molecule has 0 amide bonds. The van der Waals surface area contributed by atoms with Crippen LogP contribution in [-0.4, -0.2) is 24.0 Å². The van der Waals surface area contributed by atoms with Crippen LogP contribution < -0.4 is 10.6 Å². The molecule has 2 N–H and O–H groups in total. The molecule has 1 aromatic heterocycles. The van der Waals surface area contributed by atoms with Crippen LogP contribution in [0.25, 0.3) is 11.5 Å². The van der Waals surface area contributed by atoms with Crippen molar-refractivity contribution in [2.45, 2.75) is 32.9 Å². The van der Waals surface area contributed by atoms with Gasteiger partial charge in [-0.25, -0.2) is 4.98 Å². The van der Waals surface area contributed by atoms with Gasteiger partial charge in [-0.2, -0.15) is 0 Å². The van der Waals surface area contributed by atoms with Gasteiger partial charge in [0.1, 0.15) is 6.26 Å². The lowest BCUT2D eigenvalue weighted by Gasteiger charge is -2.15. The highest BCUT2D eigenvalue weighted by Crippen LogP contribution is 2.17. The van der Waals surface area contributed by atoms with Crippen molar-refractivity contribution in [1.82, 2.24) is 15.6 Å². The molecular formula is C16H22N4O. The van der Waals surface area contributed by atoms with Crippen molar-refractivity contribution in [3.05, 3.63) is 42.3 Å². The third kappa shape index (κ3) is 4.34. The van der Waals surface area contributed by atoms with Gasteiger partial charge in [-0.05, 0) is 25.5 Å². The Morgan fingerprint density at radius 3 is 2.76 bits per heavy atom. The molecule has 0 radical (unpaired) electrons. The molecule has 2 rings (SSSR count). The number of aromatic nitrogens is 1. The largest absolute Gasteiger partial charge is 0.444 e. The van der Waals surface area contributed by atoms with Crippen LogP contribution in [0.3, 0.4) is 0 Å². The van der Waals surface area contributed by atoms with Gasteiger partial charge in [0.25, 0.3) is 0 Å². The van der Waals surface area contributed by atoms with Crippen LogP contribution in [0.5, 0.6) is 0 Å². The SMILES string of the molecule is CCC(C)NC(=NC)NCc1coc(-c2ccccc2)n1. The number of guanidine groups is 1. The van der Waals surface area contributed by atoms with E-state index in [-0.39, 0.29) is 0 Å². The Morgan fingerprint density at radius 1 is 1.33 bits per heavy atom. The van der Waals surface area contributed by atoms with Gasteiger partial charge < -0.3 is 15.1 Å². The Bertz CT molecular complexity index is 577. The van der Waals surface area contributed by atoms with Crippen LogP contribution >= 0.6 is 0 Å². The fraction of sp³-hybridized carbons (Fsp3) is 0.375. The molecule has 2 aromatic rings. The van der Waals surface area contributed by atoms with E-state index in [4.69, 9.17) is 4.42 Å². The van der Waals surface area contributed by atoms with Crippen molar-refractivity contribution >= 4 is 5.96 Å². The third-order valence-electron chi connectivity index (χ3n) is 3.23. The van der Waals surface area contributed by atoms with Gasteiger partial charge in [-0.15, -0.1) is 0 Å². The Balaban J connectivity index is 1.94. The van der Waals surface area contributed by atoms with Crippen molar-refractivity contribution in [2.75, 3.05) is 7.05 Å². The lowest BCUT2D eigenvalue weighted by atomic mass is 10.2. The molecule has 0 aliphatic carbocycles. The second-order valence-electron chi connectivity index (χ2n) is 4.89. The smallest absolute Gasteiger partial charge is 0.226 e. The zero-order chi connectivity index (χ0) is 15.1. The van der Waals surface area contributed by atoms with Gasteiger partial charge in [0, 0.05) is 18.7 Å². The summed E-state index contributed by atoms with van der Waals surface area (Å²) in [4.78, 5) is 8.67. The molecule has 5 heteroatoms. The molecular weight excluding hydrogens is 264 g/mol. The molecule has 1 aromatic carbocycles. The highest BCUT2D eigenvalue weighted by atomic mass is 16.3. The molecule has 0 aliphatic heterocycles.